The van der Waals surface area contributed by atoms with Crippen LogP contribution in [0.1, 0.15) is 35.2 Å². The Balaban J connectivity index is 1.69. The molecule has 1 aliphatic heterocycles. The third-order valence-corrected chi connectivity index (χ3v) is 4.12. The Bertz CT molecular complexity index is 688. The van der Waals surface area contributed by atoms with Crippen LogP contribution in [0.3, 0.4) is 0 Å². The molecule has 0 N–H and O–H groups in total. The molecule has 1 fully saturated rings. The van der Waals surface area contributed by atoms with Gasteiger partial charge >= 0.3 is 5.97 Å². The van der Waals surface area contributed by atoms with Crippen molar-refractivity contribution in [2.24, 2.45) is 0 Å². The number of hydrogen-bond acceptors (Lipinski definition) is 4. The molecular weight excluding hydrogens is 295 g/mol. The molecule has 0 bridgehead atoms. The molecule has 0 unspecified atom stereocenters. The second kappa shape index (κ2) is 6.77. The highest BCUT2D eigenvalue weighted by atomic mass is 19.1. The van der Waals surface area contributed by atoms with E-state index in [4.69, 9.17) is 4.74 Å². The second-order valence-corrected chi connectivity index (χ2v) is 5.58. The van der Waals surface area contributed by atoms with Gasteiger partial charge in [-0.05, 0) is 37.1 Å². The zero-order chi connectivity index (χ0) is 16.2. The summed E-state index contributed by atoms with van der Waals surface area (Å²) >= 11 is 0. The van der Waals surface area contributed by atoms with Crippen molar-refractivity contribution in [3.63, 3.8) is 0 Å². The van der Waals surface area contributed by atoms with E-state index in [2.05, 4.69) is 9.88 Å². The van der Waals surface area contributed by atoms with Gasteiger partial charge in [-0.25, -0.2) is 14.2 Å². The van der Waals surface area contributed by atoms with Crippen LogP contribution in [0.15, 0.2) is 42.6 Å². The van der Waals surface area contributed by atoms with Gasteiger partial charge in [-0.1, -0.05) is 18.2 Å². The number of benzene rings is 1. The van der Waals surface area contributed by atoms with Crippen LogP contribution in [-0.4, -0.2) is 30.6 Å². The van der Waals surface area contributed by atoms with Crippen molar-refractivity contribution in [2.75, 3.05) is 24.6 Å². The summed E-state index contributed by atoms with van der Waals surface area (Å²) in [7, 11) is 0. The first-order chi connectivity index (χ1) is 11.2. The zero-order valence-electron chi connectivity index (χ0n) is 13.0. The van der Waals surface area contributed by atoms with Gasteiger partial charge in [0.1, 0.15) is 11.6 Å². The predicted octanol–water partition coefficient (Wildman–Crippen LogP) is 3.39. The van der Waals surface area contributed by atoms with E-state index in [0.29, 0.717) is 12.2 Å². The molecule has 0 spiro atoms. The number of halogens is 1. The average Bonchev–Trinajstić information content (AvgIpc) is 3.05. The molecule has 2 aromatic rings. The molecule has 23 heavy (non-hydrogen) atoms. The minimum atomic E-state index is -0.364. The number of ether oxygens (including phenoxy) is 1. The van der Waals surface area contributed by atoms with Gasteiger partial charge in [0, 0.05) is 25.2 Å². The average molecular weight is 314 g/mol. The smallest absolute Gasteiger partial charge is 0.339 e. The number of esters is 1. The first kappa shape index (κ1) is 15.5. The molecule has 1 saturated heterocycles. The molecule has 0 saturated carbocycles. The van der Waals surface area contributed by atoms with Crippen molar-refractivity contribution in [1.82, 2.24) is 4.98 Å². The normalized spacial score (nSPS) is 17.3. The predicted molar refractivity (Wildman–Crippen MR) is 86.2 cm³/mol. The second-order valence-electron chi connectivity index (χ2n) is 5.58. The van der Waals surface area contributed by atoms with Crippen LogP contribution in [-0.2, 0) is 4.74 Å². The van der Waals surface area contributed by atoms with Crippen LogP contribution in [0.4, 0.5) is 10.2 Å². The van der Waals surface area contributed by atoms with E-state index in [-0.39, 0.29) is 17.7 Å². The number of nitrogens with zero attached hydrogens (tertiary/aromatic N) is 2. The Morgan fingerprint density at radius 3 is 2.87 bits per heavy atom. The van der Waals surface area contributed by atoms with Gasteiger partial charge in [0.2, 0.25) is 0 Å². The van der Waals surface area contributed by atoms with Gasteiger partial charge in [-0.2, -0.15) is 0 Å². The number of hydrogen-bond donors (Lipinski definition) is 0. The van der Waals surface area contributed by atoms with E-state index in [1.807, 2.05) is 18.2 Å². The molecule has 4 nitrogen and oxygen atoms in total. The van der Waals surface area contributed by atoms with E-state index >= 15 is 0 Å². The van der Waals surface area contributed by atoms with Gasteiger partial charge in [0.05, 0.1) is 12.2 Å². The molecule has 1 aromatic heterocycles. The molecule has 0 aliphatic carbocycles. The quantitative estimate of drug-likeness (QED) is 0.811. The van der Waals surface area contributed by atoms with E-state index in [1.54, 1.807) is 19.1 Å². The van der Waals surface area contributed by atoms with Gasteiger partial charge in [-0.15, -0.1) is 0 Å². The van der Waals surface area contributed by atoms with E-state index in [0.717, 1.165) is 30.9 Å². The summed E-state index contributed by atoms with van der Waals surface area (Å²) in [6.07, 6.45) is 2.42. The number of rotatable bonds is 4. The van der Waals surface area contributed by atoms with Crippen LogP contribution in [0.5, 0.6) is 0 Å². The van der Waals surface area contributed by atoms with E-state index < -0.39 is 0 Å². The Kier molecular flexibility index (Phi) is 4.55. The molecule has 1 aliphatic rings. The highest BCUT2D eigenvalue weighted by molar-refractivity contribution is 5.89. The Labute approximate surface area is 134 Å². The van der Waals surface area contributed by atoms with Crippen LogP contribution in [0.25, 0.3) is 0 Å². The number of carbonyl (C=O) groups is 1. The summed E-state index contributed by atoms with van der Waals surface area (Å²) in [4.78, 5) is 18.1. The van der Waals surface area contributed by atoms with Gasteiger partial charge in [-0.3, -0.25) is 0 Å². The minimum Gasteiger partial charge on any atom is -0.462 e. The number of anilines is 1. The maximum absolute atomic E-state index is 13.9. The molecule has 0 amide bonds. The fourth-order valence-electron chi connectivity index (χ4n) is 2.94. The summed E-state index contributed by atoms with van der Waals surface area (Å²) in [5.74, 6) is 0.460. The van der Waals surface area contributed by atoms with Crippen LogP contribution >= 0.6 is 0 Å². The lowest BCUT2D eigenvalue weighted by atomic mass is 9.98. The lowest BCUT2D eigenvalue weighted by molar-refractivity contribution is 0.0526. The van der Waals surface area contributed by atoms with Crippen molar-refractivity contribution >= 4 is 11.8 Å². The Hall–Kier alpha value is -2.43. The molecule has 1 atom stereocenters. The van der Waals surface area contributed by atoms with Crippen molar-refractivity contribution in [3.05, 3.63) is 59.5 Å². The first-order valence-electron chi connectivity index (χ1n) is 7.81. The van der Waals surface area contributed by atoms with Crippen molar-refractivity contribution < 1.29 is 13.9 Å². The molecule has 120 valence electrons. The van der Waals surface area contributed by atoms with Gasteiger partial charge < -0.3 is 9.64 Å². The SMILES string of the molecule is CCOC(=O)c1ccc(N2CC[C@@H](c3ccccc3F)C2)nc1. The van der Waals surface area contributed by atoms with Gasteiger partial charge in [0.15, 0.2) is 0 Å². The summed E-state index contributed by atoms with van der Waals surface area (Å²) in [5, 5.41) is 0. The maximum Gasteiger partial charge on any atom is 0.339 e. The molecule has 3 rings (SSSR count). The molecule has 0 radical (unpaired) electrons. The van der Waals surface area contributed by atoms with Crippen LogP contribution in [0, 0.1) is 5.82 Å². The van der Waals surface area contributed by atoms with E-state index in [1.165, 1.54) is 12.3 Å². The summed E-state index contributed by atoms with van der Waals surface area (Å²) in [5.41, 5.74) is 1.21. The van der Waals surface area contributed by atoms with Crippen molar-refractivity contribution in [1.29, 1.82) is 0 Å². The fourth-order valence-corrected chi connectivity index (χ4v) is 2.94. The fraction of sp³-hybridized carbons (Fsp3) is 0.333. The highest BCUT2D eigenvalue weighted by Gasteiger charge is 2.26. The molecule has 2 heterocycles. The molecule has 5 heteroatoms. The standard InChI is InChI=1S/C18H19FN2O2/c1-2-23-18(22)13-7-8-17(20-11-13)21-10-9-14(12-21)15-5-3-4-6-16(15)19/h3-8,11,14H,2,9-10,12H2,1H3/t14-/m1/s1. The van der Waals surface area contributed by atoms with Gasteiger partial charge in [0.25, 0.3) is 0 Å². The summed E-state index contributed by atoms with van der Waals surface area (Å²) in [6.45, 7) is 3.67. The molecular formula is C18H19FN2O2. The number of pyridine rings is 1. The topological polar surface area (TPSA) is 42.4 Å². The third-order valence-electron chi connectivity index (χ3n) is 4.12. The van der Waals surface area contributed by atoms with Crippen LogP contribution < -0.4 is 4.90 Å². The Morgan fingerprint density at radius 2 is 2.17 bits per heavy atom. The van der Waals surface area contributed by atoms with E-state index in [9.17, 15) is 9.18 Å². The largest absolute Gasteiger partial charge is 0.462 e. The van der Waals surface area contributed by atoms with Crippen molar-refractivity contribution in [3.8, 4) is 0 Å². The zero-order valence-corrected chi connectivity index (χ0v) is 13.0. The molecule has 1 aromatic carbocycles. The first-order valence-corrected chi connectivity index (χ1v) is 7.81. The third kappa shape index (κ3) is 3.33. The minimum absolute atomic E-state index is 0.148. The number of aromatic nitrogens is 1. The summed E-state index contributed by atoms with van der Waals surface area (Å²) < 4.78 is 18.8. The van der Waals surface area contributed by atoms with Crippen LogP contribution in [0.2, 0.25) is 0 Å². The number of carbonyl (C=O) groups excluding carboxylic acids is 1. The highest BCUT2D eigenvalue weighted by Crippen LogP contribution is 2.31. The lowest BCUT2D eigenvalue weighted by Crippen LogP contribution is -2.20. The lowest BCUT2D eigenvalue weighted by Gasteiger charge is -2.18. The Morgan fingerprint density at radius 1 is 1.35 bits per heavy atom. The summed E-state index contributed by atoms with van der Waals surface area (Å²) in [6, 6.07) is 10.5. The maximum atomic E-state index is 13.9. The van der Waals surface area contributed by atoms with Crippen molar-refractivity contribution in [2.45, 2.75) is 19.3 Å². The monoisotopic (exact) mass is 314 g/mol.